The molecule has 2 aliphatic rings. The molecule has 40 heavy (non-hydrogen) atoms. The first kappa shape index (κ1) is 32.8. The number of nitrogens with zero attached hydrogens (tertiary/aromatic N) is 1. The smallest absolute Gasteiger partial charge is 0.352 e. The van der Waals surface area contributed by atoms with Crippen LogP contribution in [0.25, 0.3) is 0 Å². The lowest BCUT2D eigenvalue weighted by Gasteiger charge is -2.49. The van der Waals surface area contributed by atoms with Gasteiger partial charge >= 0.3 is 17.9 Å². The summed E-state index contributed by atoms with van der Waals surface area (Å²) in [6, 6.07) is -2.09. The lowest BCUT2D eigenvalue weighted by Crippen LogP contribution is -2.70. The molecule has 1 unspecified atom stereocenters. The number of β-lactam (4-membered cyclic amide) rings is 1. The zero-order valence-corrected chi connectivity index (χ0v) is 23.5. The van der Waals surface area contributed by atoms with E-state index in [-0.39, 0.29) is 55.2 Å². The lowest BCUT2D eigenvalue weighted by molar-refractivity contribution is -0.151. The number of carboxylic acids is 2. The number of thioether (sulfide) groups is 1. The molecule has 0 saturated carbocycles. The highest BCUT2D eigenvalue weighted by Crippen LogP contribution is 2.40. The number of esters is 1. The van der Waals surface area contributed by atoms with Crippen LogP contribution in [0.5, 0.6) is 0 Å². The molecule has 2 heterocycles. The van der Waals surface area contributed by atoms with Gasteiger partial charge in [0.1, 0.15) is 42.0 Å². The molecule has 0 spiro atoms. The summed E-state index contributed by atoms with van der Waals surface area (Å²) in [5, 5.41) is 23.5. The number of unbranched alkanes of at least 4 members (excludes halogenated alkanes) is 4. The van der Waals surface area contributed by atoms with Crippen LogP contribution in [0, 0.1) is 0 Å². The van der Waals surface area contributed by atoms with Gasteiger partial charge in [-0.25, -0.2) is 9.59 Å². The number of ether oxygens (including phenoxy) is 1. The maximum Gasteiger partial charge on any atom is 0.352 e. The van der Waals surface area contributed by atoms with Gasteiger partial charge in [-0.15, -0.1) is 11.8 Å². The molecule has 0 aromatic carbocycles. The third kappa shape index (κ3) is 9.65. The third-order valence-corrected chi connectivity index (χ3v) is 7.74. The molecule has 2 rings (SSSR count). The van der Waals surface area contributed by atoms with Crippen LogP contribution in [0.2, 0.25) is 0 Å². The second-order valence-electron chi connectivity index (χ2n) is 9.77. The molecular weight excluding hydrogens is 546 g/mol. The number of hydrogen-bond donors (Lipinski definition) is 4. The van der Waals surface area contributed by atoms with E-state index in [9.17, 15) is 43.8 Å². The predicted molar refractivity (Wildman–Crippen MR) is 143 cm³/mol. The summed E-state index contributed by atoms with van der Waals surface area (Å²) in [6.07, 6.45) is 4.66. The average Bonchev–Trinajstić information content (AvgIpc) is 2.88. The second-order valence-corrected chi connectivity index (χ2v) is 10.9. The van der Waals surface area contributed by atoms with Crippen molar-refractivity contribution in [3.63, 3.8) is 0 Å². The fourth-order valence-electron chi connectivity index (χ4n) is 4.34. The van der Waals surface area contributed by atoms with Gasteiger partial charge in [0.25, 0.3) is 5.91 Å². The monoisotopic (exact) mass is 583 g/mol. The molecule has 0 radical (unpaired) electrons. The second kappa shape index (κ2) is 16.0. The standard InChI is InChI=1S/C26H37N3O10S/c1-3-4-5-6-7-10-18(31)27-17(25(35)36)9-8-11-19(32)28-21-23(34)29-22(26(37)38)16(14-40-24(21)29)13-39-20(33)12-15(2)30/h17,21,24H,3-14H2,1-2H3,(H,27,31)(H,28,32)(H,35,36)(H,37,38)/t17-,21?,24-/m1/s1. The number of carboxylic acid groups (broad SMARTS) is 2. The van der Waals surface area contributed by atoms with Crippen LogP contribution < -0.4 is 10.6 Å². The van der Waals surface area contributed by atoms with E-state index in [1.54, 1.807) is 0 Å². The molecule has 13 nitrogen and oxygen atoms in total. The van der Waals surface area contributed by atoms with Crippen LogP contribution in [0.15, 0.2) is 11.3 Å². The molecule has 1 fully saturated rings. The molecule has 2 aliphatic heterocycles. The number of Topliss-reactive ketones (excluding diaryl/α,β-unsaturated/α-hetero) is 1. The van der Waals surface area contributed by atoms with Gasteiger partial charge in [-0.1, -0.05) is 32.6 Å². The first-order chi connectivity index (χ1) is 19.0. The Kier molecular flexibility index (Phi) is 13.1. The number of amides is 3. The summed E-state index contributed by atoms with van der Waals surface area (Å²) >= 11 is 1.20. The number of nitrogens with one attached hydrogen (secondary N) is 2. The largest absolute Gasteiger partial charge is 0.480 e. The number of carbonyl (C=O) groups excluding carboxylic acids is 5. The Morgan fingerprint density at radius 2 is 1.70 bits per heavy atom. The van der Waals surface area contributed by atoms with Crippen molar-refractivity contribution in [2.24, 2.45) is 0 Å². The van der Waals surface area contributed by atoms with Gasteiger partial charge in [-0.2, -0.15) is 0 Å². The Hall–Kier alpha value is -3.42. The third-order valence-electron chi connectivity index (χ3n) is 6.40. The predicted octanol–water partition coefficient (Wildman–Crippen LogP) is 1.35. The zero-order valence-electron chi connectivity index (χ0n) is 22.7. The van der Waals surface area contributed by atoms with E-state index >= 15 is 0 Å². The maximum atomic E-state index is 12.7. The van der Waals surface area contributed by atoms with Gasteiger partial charge in [-0.05, 0) is 26.2 Å². The van der Waals surface area contributed by atoms with Crippen molar-refractivity contribution < 1.29 is 48.5 Å². The fourth-order valence-corrected chi connectivity index (χ4v) is 5.67. The molecule has 222 valence electrons. The van der Waals surface area contributed by atoms with Crippen molar-refractivity contribution in [2.75, 3.05) is 12.4 Å². The van der Waals surface area contributed by atoms with Crippen molar-refractivity contribution in [1.82, 2.24) is 15.5 Å². The molecule has 3 atom stereocenters. The summed E-state index contributed by atoms with van der Waals surface area (Å²) < 4.78 is 4.97. The van der Waals surface area contributed by atoms with E-state index in [1.807, 2.05) is 0 Å². The number of ketones is 1. The van der Waals surface area contributed by atoms with E-state index < -0.39 is 59.4 Å². The Balaban J connectivity index is 1.83. The minimum atomic E-state index is -1.39. The molecule has 4 N–H and O–H groups in total. The average molecular weight is 584 g/mol. The van der Waals surface area contributed by atoms with E-state index in [1.165, 1.54) is 18.7 Å². The molecule has 0 aromatic rings. The van der Waals surface area contributed by atoms with Gasteiger partial charge < -0.3 is 25.6 Å². The van der Waals surface area contributed by atoms with E-state index in [0.29, 0.717) is 6.42 Å². The van der Waals surface area contributed by atoms with Crippen LogP contribution in [0.4, 0.5) is 0 Å². The Morgan fingerprint density at radius 1 is 1.02 bits per heavy atom. The zero-order chi connectivity index (χ0) is 29.8. The number of rotatable bonds is 18. The summed E-state index contributed by atoms with van der Waals surface area (Å²) in [5.41, 5.74) is -0.119. The summed E-state index contributed by atoms with van der Waals surface area (Å²) in [4.78, 5) is 84.4. The first-order valence-electron chi connectivity index (χ1n) is 13.3. The minimum absolute atomic E-state index is 0.0326. The van der Waals surface area contributed by atoms with Crippen LogP contribution >= 0.6 is 11.8 Å². The van der Waals surface area contributed by atoms with Gasteiger partial charge in [-0.3, -0.25) is 28.9 Å². The van der Waals surface area contributed by atoms with E-state index in [4.69, 9.17) is 4.74 Å². The number of hydrogen-bond acceptors (Lipinski definition) is 9. The summed E-state index contributed by atoms with van der Waals surface area (Å²) in [7, 11) is 0. The lowest BCUT2D eigenvalue weighted by atomic mass is 10.0. The molecule has 14 heteroatoms. The van der Waals surface area contributed by atoms with Crippen molar-refractivity contribution in [2.45, 2.75) is 95.5 Å². The molecule has 0 aliphatic carbocycles. The number of fused-ring (bicyclic) bond motifs is 1. The number of carbonyl (C=O) groups is 7. The van der Waals surface area contributed by atoms with Crippen LogP contribution in [0.1, 0.15) is 78.1 Å². The molecule has 3 amide bonds. The van der Waals surface area contributed by atoms with Gasteiger partial charge in [0.15, 0.2) is 0 Å². The summed E-state index contributed by atoms with van der Waals surface area (Å²) in [5.74, 6) is -5.14. The Labute approximate surface area is 236 Å². The normalized spacial score (nSPS) is 18.8. The van der Waals surface area contributed by atoms with Crippen molar-refractivity contribution in [3.8, 4) is 0 Å². The highest BCUT2D eigenvalue weighted by atomic mass is 32.2. The van der Waals surface area contributed by atoms with Crippen molar-refractivity contribution in [1.29, 1.82) is 0 Å². The van der Waals surface area contributed by atoms with Crippen LogP contribution in [0.3, 0.4) is 0 Å². The molecular formula is C26H37N3O10S. The van der Waals surface area contributed by atoms with E-state index in [0.717, 1.165) is 30.6 Å². The summed E-state index contributed by atoms with van der Waals surface area (Å²) in [6.45, 7) is 2.93. The van der Waals surface area contributed by atoms with E-state index in [2.05, 4.69) is 17.6 Å². The van der Waals surface area contributed by atoms with Crippen molar-refractivity contribution in [3.05, 3.63) is 11.3 Å². The number of aliphatic carboxylic acids is 2. The first-order valence-corrected chi connectivity index (χ1v) is 14.4. The topological polar surface area (TPSA) is 196 Å². The maximum absolute atomic E-state index is 12.7. The van der Waals surface area contributed by atoms with Gasteiger partial charge in [0, 0.05) is 24.2 Å². The van der Waals surface area contributed by atoms with Gasteiger partial charge in [0.2, 0.25) is 11.8 Å². The van der Waals surface area contributed by atoms with Crippen molar-refractivity contribution >= 4 is 53.2 Å². The minimum Gasteiger partial charge on any atom is -0.480 e. The highest BCUT2D eigenvalue weighted by Gasteiger charge is 2.54. The highest BCUT2D eigenvalue weighted by molar-refractivity contribution is 8.00. The molecule has 1 saturated heterocycles. The van der Waals surface area contributed by atoms with Crippen LogP contribution in [-0.2, 0) is 38.3 Å². The molecule has 0 bridgehead atoms. The quantitative estimate of drug-likeness (QED) is 0.0786. The Morgan fingerprint density at radius 3 is 2.33 bits per heavy atom. The fraction of sp³-hybridized carbons (Fsp3) is 0.654. The van der Waals surface area contributed by atoms with Gasteiger partial charge in [0.05, 0.1) is 0 Å². The van der Waals surface area contributed by atoms with Crippen LogP contribution in [-0.4, -0.2) is 86.3 Å². The molecule has 0 aromatic heterocycles. The Bertz CT molecular complexity index is 1040. The SMILES string of the molecule is CCCCCCCC(=O)N[C@H](CCCC(=O)NC1C(=O)N2C(C(=O)O)=C(COC(=O)CC(C)=O)CS[C@H]12)C(=O)O.